The molecule has 0 amide bonds. The minimum atomic E-state index is -0.831. The van der Waals surface area contributed by atoms with Crippen molar-refractivity contribution in [2.75, 3.05) is 20.8 Å². The SMILES string of the molecule is CCOC(=O)C1=C(c2ccccc2)N=c2s/c(=C/c3cc(Br)c(OCc4ccc(C#N)cc4)c(OC)c3)c(=O)n2[C@@H]1c1cccc(OC)c1. The van der Waals surface area contributed by atoms with E-state index < -0.39 is 12.0 Å². The number of carbonyl (C=O) groups excluding carboxylic acids is 1. The molecule has 2 heterocycles. The van der Waals surface area contributed by atoms with Crippen LogP contribution in [0, 0.1) is 11.3 Å². The number of rotatable bonds is 10. The molecule has 0 saturated carbocycles. The molecular weight excluding hydrogens is 706 g/mol. The van der Waals surface area contributed by atoms with Crippen molar-refractivity contribution in [1.82, 2.24) is 4.57 Å². The first-order valence-electron chi connectivity index (χ1n) is 15.3. The van der Waals surface area contributed by atoms with Crippen LogP contribution in [0.1, 0.15) is 40.8 Å². The lowest BCUT2D eigenvalue weighted by Crippen LogP contribution is -2.40. The molecule has 1 aliphatic rings. The molecule has 0 saturated heterocycles. The second-order valence-electron chi connectivity index (χ2n) is 10.8. The highest BCUT2D eigenvalue weighted by Gasteiger charge is 2.35. The van der Waals surface area contributed by atoms with Crippen molar-refractivity contribution in [3.63, 3.8) is 0 Å². The van der Waals surface area contributed by atoms with Gasteiger partial charge in [0.2, 0.25) is 0 Å². The molecule has 0 N–H and O–H groups in total. The lowest BCUT2D eigenvalue weighted by Gasteiger charge is -2.26. The Labute approximate surface area is 294 Å². The Morgan fingerprint density at radius 1 is 1.02 bits per heavy atom. The van der Waals surface area contributed by atoms with Gasteiger partial charge in [-0.3, -0.25) is 9.36 Å². The van der Waals surface area contributed by atoms with E-state index in [0.29, 0.717) is 53.4 Å². The van der Waals surface area contributed by atoms with Crippen molar-refractivity contribution in [2.45, 2.75) is 19.6 Å². The molecule has 49 heavy (non-hydrogen) atoms. The molecule has 0 unspecified atom stereocenters. The zero-order valence-electron chi connectivity index (χ0n) is 26.8. The first-order valence-corrected chi connectivity index (χ1v) is 16.9. The van der Waals surface area contributed by atoms with Crippen LogP contribution in [0.25, 0.3) is 11.8 Å². The van der Waals surface area contributed by atoms with E-state index in [1.807, 2.05) is 72.8 Å². The molecule has 1 aromatic heterocycles. The Kier molecular flexibility index (Phi) is 10.1. The molecule has 246 valence electrons. The molecule has 0 aliphatic carbocycles. The standard InChI is InChI=1S/C38H30BrN3O6S/c1-4-47-37(44)32-33(26-9-6-5-7-10-26)41-38-42(34(32)27-11-8-12-28(20-27)45-2)36(43)31(49-38)19-25-17-29(39)35(30(18-25)46-3)48-22-24-15-13-23(21-40)14-16-24/h5-20,34H,4,22H2,1-3H3/b31-19+/t34-/m1/s1. The fourth-order valence-corrected chi connectivity index (χ4v) is 7.09. The normalized spacial score (nSPS) is 14.0. The fraction of sp³-hybridized carbons (Fsp3) is 0.158. The average Bonchev–Trinajstić information content (AvgIpc) is 3.44. The Balaban J connectivity index is 1.48. The average molecular weight is 737 g/mol. The number of aromatic nitrogens is 1. The topological polar surface area (TPSA) is 112 Å². The number of halogens is 1. The van der Waals surface area contributed by atoms with Crippen LogP contribution in [-0.4, -0.2) is 31.4 Å². The zero-order chi connectivity index (χ0) is 34.5. The number of hydrogen-bond donors (Lipinski definition) is 0. The third kappa shape index (κ3) is 6.92. The Morgan fingerprint density at radius 2 is 1.80 bits per heavy atom. The number of nitrogens with zero attached hydrogens (tertiary/aromatic N) is 3. The van der Waals surface area contributed by atoms with Gasteiger partial charge >= 0.3 is 5.97 Å². The van der Waals surface area contributed by atoms with Crippen molar-refractivity contribution < 1.29 is 23.7 Å². The van der Waals surface area contributed by atoms with Crippen LogP contribution in [0.4, 0.5) is 0 Å². The monoisotopic (exact) mass is 735 g/mol. The highest BCUT2D eigenvalue weighted by atomic mass is 79.9. The van der Waals surface area contributed by atoms with Crippen LogP contribution in [0.3, 0.4) is 0 Å². The summed E-state index contributed by atoms with van der Waals surface area (Å²) in [5, 5.41) is 9.08. The Bertz CT molecular complexity index is 2290. The number of esters is 1. The Hall–Kier alpha value is -5.44. The number of fused-ring (bicyclic) bond motifs is 1. The quantitative estimate of drug-likeness (QED) is 0.158. The molecule has 4 aromatic carbocycles. The van der Waals surface area contributed by atoms with E-state index in [2.05, 4.69) is 22.0 Å². The maximum absolute atomic E-state index is 14.3. The van der Waals surface area contributed by atoms with Gasteiger partial charge in [-0.1, -0.05) is 65.9 Å². The van der Waals surface area contributed by atoms with E-state index in [4.69, 9.17) is 29.2 Å². The summed E-state index contributed by atoms with van der Waals surface area (Å²) in [4.78, 5) is 33.4. The van der Waals surface area contributed by atoms with Gasteiger partial charge in [0.25, 0.3) is 5.56 Å². The van der Waals surface area contributed by atoms with E-state index in [1.165, 1.54) is 11.3 Å². The van der Waals surface area contributed by atoms with Gasteiger partial charge in [0.1, 0.15) is 12.4 Å². The summed E-state index contributed by atoms with van der Waals surface area (Å²) in [5.41, 5.74) is 3.92. The number of thiazole rings is 1. The highest BCUT2D eigenvalue weighted by Crippen LogP contribution is 2.38. The highest BCUT2D eigenvalue weighted by molar-refractivity contribution is 9.10. The zero-order valence-corrected chi connectivity index (χ0v) is 29.2. The van der Waals surface area contributed by atoms with Gasteiger partial charge < -0.3 is 18.9 Å². The predicted molar refractivity (Wildman–Crippen MR) is 190 cm³/mol. The number of carbonyl (C=O) groups is 1. The van der Waals surface area contributed by atoms with Crippen LogP contribution in [0.15, 0.2) is 111 Å². The predicted octanol–water partition coefficient (Wildman–Crippen LogP) is 6.17. The van der Waals surface area contributed by atoms with Crippen LogP contribution < -0.4 is 29.1 Å². The number of methoxy groups -OCH3 is 2. The van der Waals surface area contributed by atoms with E-state index in [9.17, 15) is 9.59 Å². The van der Waals surface area contributed by atoms with E-state index in [0.717, 1.165) is 11.1 Å². The van der Waals surface area contributed by atoms with Crippen LogP contribution >= 0.6 is 27.3 Å². The molecule has 0 fully saturated rings. The first-order chi connectivity index (χ1) is 23.8. The molecule has 9 nitrogen and oxygen atoms in total. The molecule has 0 spiro atoms. The van der Waals surface area contributed by atoms with E-state index in [-0.39, 0.29) is 24.3 Å². The molecular formula is C38H30BrN3O6S. The third-order valence-corrected chi connectivity index (χ3v) is 9.37. The maximum atomic E-state index is 14.3. The van der Waals surface area contributed by atoms with Crippen molar-refractivity contribution in [2.24, 2.45) is 4.99 Å². The lowest BCUT2D eigenvalue weighted by atomic mass is 9.93. The summed E-state index contributed by atoms with van der Waals surface area (Å²) < 4.78 is 25.4. The summed E-state index contributed by atoms with van der Waals surface area (Å²) in [6.07, 6.45) is 1.76. The molecule has 1 atom stereocenters. The van der Waals surface area contributed by atoms with Crippen LogP contribution in [0.2, 0.25) is 0 Å². The van der Waals surface area contributed by atoms with Gasteiger partial charge in [-0.2, -0.15) is 5.26 Å². The van der Waals surface area contributed by atoms with E-state index in [1.54, 1.807) is 50.0 Å². The van der Waals surface area contributed by atoms with Gasteiger partial charge in [-0.15, -0.1) is 0 Å². The number of benzene rings is 4. The fourth-order valence-electron chi connectivity index (χ4n) is 5.51. The number of hydrogen-bond acceptors (Lipinski definition) is 9. The first kappa shape index (κ1) is 33.5. The summed E-state index contributed by atoms with van der Waals surface area (Å²) in [7, 11) is 3.11. The van der Waals surface area contributed by atoms with Gasteiger partial charge in [0.15, 0.2) is 16.3 Å². The van der Waals surface area contributed by atoms with Crippen LogP contribution in [-0.2, 0) is 16.1 Å². The lowest BCUT2D eigenvalue weighted by molar-refractivity contribution is -0.138. The van der Waals surface area contributed by atoms with Crippen molar-refractivity contribution in [1.29, 1.82) is 5.26 Å². The van der Waals surface area contributed by atoms with Gasteiger partial charge in [-0.25, -0.2) is 9.79 Å². The minimum absolute atomic E-state index is 0.156. The van der Waals surface area contributed by atoms with Gasteiger partial charge in [0.05, 0.1) is 58.8 Å². The van der Waals surface area contributed by atoms with Crippen LogP contribution in [0.5, 0.6) is 17.2 Å². The second kappa shape index (κ2) is 14.8. The van der Waals surface area contributed by atoms with Crippen molar-refractivity contribution >= 4 is 45.0 Å². The summed E-state index contributed by atoms with van der Waals surface area (Å²) in [5.74, 6) is 0.985. The molecule has 6 rings (SSSR count). The molecule has 0 bridgehead atoms. The molecule has 1 aliphatic heterocycles. The van der Waals surface area contributed by atoms with Gasteiger partial charge in [0, 0.05) is 5.56 Å². The number of nitriles is 1. The van der Waals surface area contributed by atoms with E-state index >= 15 is 0 Å². The molecule has 5 aromatic rings. The Morgan fingerprint density at radius 3 is 2.49 bits per heavy atom. The molecule has 0 radical (unpaired) electrons. The second-order valence-corrected chi connectivity index (χ2v) is 12.7. The minimum Gasteiger partial charge on any atom is -0.497 e. The largest absolute Gasteiger partial charge is 0.497 e. The van der Waals surface area contributed by atoms with Crippen molar-refractivity contribution in [3.8, 4) is 23.3 Å². The summed E-state index contributed by atoms with van der Waals surface area (Å²) >= 11 is 4.84. The summed E-state index contributed by atoms with van der Waals surface area (Å²) in [6.45, 7) is 2.16. The van der Waals surface area contributed by atoms with Gasteiger partial charge in [-0.05, 0) is 82.0 Å². The maximum Gasteiger partial charge on any atom is 0.338 e. The smallest absolute Gasteiger partial charge is 0.338 e. The summed E-state index contributed by atoms with van der Waals surface area (Å²) in [6, 6.07) is 28.8. The molecule has 11 heteroatoms. The van der Waals surface area contributed by atoms with Crippen molar-refractivity contribution in [3.05, 3.63) is 149 Å². The number of ether oxygens (including phenoxy) is 4. The third-order valence-electron chi connectivity index (χ3n) is 7.80.